The minimum absolute atomic E-state index is 0.0399. The second kappa shape index (κ2) is 10.7. The molecule has 0 radical (unpaired) electrons. The zero-order valence-corrected chi connectivity index (χ0v) is 19.9. The zero-order valence-electron chi connectivity index (χ0n) is 19.1. The van der Waals surface area contributed by atoms with E-state index in [2.05, 4.69) is 10.3 Å². The number of aromatic amines is 1. The molecule has 1 aromatic heterocycles. The van der Waals surface area contributed by atoms with E-state index in [1.165, 1.54) is 28.7 Å². The number of aromatic nitrogens is 1. The molecule has 2 aromatic rings. The highest BCUT2D eigenvalue weighted by atomic mass is 32.2. The van der Waals surface area contributed by atoms with E-state index in [1.807, 2.05) is 0 Å². The number of rotatable bonds is 6. The van der Waals surface area contributed by atoms with Gasteiger partial charge in [-0.05, 0) is 49.4 Å². The summed E-state index contributed by atoms with van der Waals surface area (Å²) < 4.78 is 40.9. The lowest BCUT2D eigenvalue weighted by atomic mass is 9.99. The normalized spacial score (nSPS) is 20.0. The van der Waals surface area contributed by atoms with Gasteiger partial charge in [-0.1, -0.05) is 25.0 Å². The molecule has 8 nitrogen and oxygen atoms in total. The van der Waals surface area contributed by atoms with E-state index in [0.29, 0.717) is 32.5 Å². The van der Waals surface area contributed by atoms with E-state index in [-0.39, 0.29) is 41.3 Å². The molecule has 2 aliphatic rings. The van der Waals surface area contributed by atoms with Gasteiger partial charge in [0.2, 0.25) is 15.9 Å². The summed E-state index contributed by atoms with van der Waals surface area (Å²) in [6.07, 6.45) is 6.62. The minimum Gasteiger partial charge on any atom is -0.356 e. The number of amides is 2. The number of halogens is 1. The topological polar surface area (TPSA) is 103 Å². The summed E-state index contributed by atoms with van der Waals surface area (Å²) in [5.74, 6) is -1.22. The van der Waals surface area contributed by atoms with Crippen molar-refractivity contribution in [2.45, 2.75) is 50.0 Å². The molecule has 0 unspecified atom stereocenters. The highest BCUT2D eigenvalue weighted by molar-refractivity contribution is 7.89. The van der Waals surface area contributed by atoms with Gasteiger partial charge in [0.15, 0.2) is 0 Å². The lowest BCUT2D eigenvalue weighted by Crippen LogP contribution is -2.45. The van der Waals surface area contributed by atoms with E-state index in [0.717, 1.165) is 31.2 Å². The number of hydrogen-bond acceptors (Lipinski definition) is 4. The van der Waals surface area contributed by atoms with Crippen LogP contribution in [0.25, 0.3) is 0 Å². The molecule has 34 heavy (non-hydrogen) atoms. The Morgan fingerprint density at radius 2 is 1.74 bits per heavy atom. The zero-order chi connectivity index (χ0) is 24.1. The Balaban J connectivity index is 1.38. The molecule has 0 saturated carbocycles. The molecule has 0 spiro atoms. The number of H-pyrrole nitrogens is 1. The Hall–Kier alpha value is -2.72. The van der Waals surface area contributed by atoms with Gasteiger partial charge in [0.25, 0.3) is 5.91 Å². The molecule has 2 N–H and O–H groups in total. The number of nitrogens with zero attached hydrogens (tertiary/aromatic N) is 2. The Morgan fingerprint density at radius 3 is 2.44 bits per heavy atom. The molecule has 10 heteroatoms. The van der Waals surface area contributed by atoms with Gasteiger partial charge >= 0.3 is 0 Å². The second-order valence-corrected chi connectivity index (χ2v) is 10.9. The van der Waals surface area contributed by atoms with Crippen molar-refractivity contribution >= 4 is 21.8 Å². The van der Waals surface area contributed by atoms with Crippen molar-refractivity contribution in [1.29, 1.82) is 0 Å². The van der Waals surface area contributed by atoms with Crippen molar-refractivity contribution in [3.05, 3.63) is 53.6 Å². The predicted molar refractivity (Wildman–Crippen MR) is 125 cm³/mol. The predicted octanol–water partition coefficient (Wildman–Crippen LogP) is 2.89. The van der Waals surface area contributed by atoms with Crippen molar-refractivity contribution in [1.82, 2.24) is 19.5 Å². The summed E-state index contributed by atoms with van der Waals surface area (Å²) >= 11 is 0. The highest BCUT2D eigenvalue weighted by Gasteiger charge is 2.34. The number of piperidine rings is 1. The largest absolute Gasteiger partial charge is 0.356 e. The van der Waals surface area contributed by atoms with E-state index in [4.69, 9.17) is 0 Å². The molecule has 2 aliphatic heterocycles. The van der Waals surface area contributed by atoms with Crippen LogP contribution in [0, 0.1) is 11.7 Å². The maximum absolute atomic E-state index is 13.2. The van der Waals surface area contributed by atoms with Crippen LogP contribution in [0.3, 0.4) is 0 Å². The number of carbonyl (C=O) groups is 2. The maximum atomic E-state index is 13.2. The Kier molecular flexibility index (Phi) is 7.67. The molecule has 0 aliphatic carbocycles. The second-order valence-electron chi connectivity index (χ2n) is 9.00. The van der Waals surface area contributed by atoms with Gasteiger partial charge in [-0.2, -0.15) is 4.31 Å². The molecule has 3 heterocycles. The first-order valence-electron chi connectivity index (χ1n) is 11.8. The van der Waals surface area contributed by atoms with Crippen molar-refractivity contribution in [3.63, 3.8) is 0 Å². The van der Waals surface area contributed by atoms with Crippen molar-refractivity contribution in [3.8, 4) is 0 Å². The first-order chi connectivity index (χ1) is 16.3. The number of carbonyl (C=O) groups excluding carboxylic acids is 2. The lowest BCUT2D eigenvalue weighted by Gasteiger charge is -2.31. The van der Waals surface area contributed by atoms with Crippen LogP contribution in [0.15, 0.2) is 41.4 Å². The molecule has 2 amide bonds. The van der Waals surface area contributed by atoms with Crippen molar-refractivity contribution in [2.75, 3.05) is 26.2 Å². The summed E-state index contributed by atoms with van der Waals surface area (Å²) in [6, 6.07) is 7.27. The third-order valence-electron chi connectivity index (χ3n) is 6.55. The number of likely N-dealkylation sites (tertiary alicyclic amines) is 1. The van der Waals surface area contributed by atoms with Crippen LogP contribution in [0.2, 0.25) is 0 Å². The summed E-state index contributed by atoms with van der Waals surface area (Å²) in [5, 5.41) is 2.82. The van der Waals surface area contributed by atoms with Gasteiger partial charge in [0.1, 0.15) is 16.4 Å². The molecule has 2 fully saturated rings. The van der Waals surface area contributed by atoms with Gasteiger partial charge < -0.3 is 15.2 Å². The monoisotopic (exact) mass is 490 g/mol. The van der Waals surface area contributed by atoms with Crippen LogP contribution in [-0.2, 0) is 21.4 Å². The van der Waals surface area contributed by atoms with Gasteiger partial charge in [-0.25, -0.2) is 12.8 Å². The first-order valence-corrected chi connectivity index (χ1v) is 13.3. The lowest BCUT2D eigenvalue weighted by molar-refractivity contribution is -0.126. The summed E-state index contributed by atoms with van der Waals surface area (Å²) in [4.78, 5) is 30.2. The minimum atomic E-state index is -3.84. The fourth-order valence-electron chi connectivity index (χ4n) is 4.55. The number of hydrogen-bond donors (Lipinski definition) is 2. The van der Waals surface area contributed by atoms with E-state index in [9.17, 15) is 22.4 Å². The van der Waals surface area contributed by atoms with Gasteiger partial charge in [0, 0.05) is 38.9 Å². The Bertz CT molecular complexity index is 1110. The smallest absolute Gasteiger partial charge is 0.270 e. The van der Waals surface area contributed by atoms with Crippen LogP contribution < -0.4 is 5.32 Å². The van der Waals surface area contributed by atoms with Crippen LogP contribution >= 0.6 is 0 Å². The maximum Gasteiger partial charge on any atom is 0.270 e. The third kappa shape index (κ3) is 5.67. The Morgan fingerprint density at radius 1 is 1.03 bits per heavy atom. The molecule has 2 saturated heterocycles. The van der Waals surface area contributed by atoms with Crippen LogP contribution in [-0.4, -0.2) is 60.6 Å². The number of sulfonamides is 1. The van der Waals surface area contributed by atoms with Gasteiger partial charge in [0.05, 0.1) is 5.92 Å². The summed E-state index contributed by atoms with van der Waals surface area (Å²) in [7, 11) is -3.84. The fraction of sp³-hybridized carbons (Fsp3) is 0.500. The molecule has 4 rings (SSSR count). The summed E-state index contributed by atoms with van der Waals surface area (Å²) in [5.41, 5.74) is 1.04. The van der Waals surface area contributed by atoms with E-state index in [1.54, 1.807) is 17.0 Å². The van der Waals surface area contributed by atoms with Gasteiger partial charge in [-0.3, -0.25) is 9.59 Å². The highest BCUT2D eigenvalue weighted by Crippen LogP contribution is 2.25. The fourth-order valence-corrected chi connectivity index (χ4v) is 6.07. The molecule has 1 aromatic carbocycles. The van der Waals surface area contributed by atoms with Crippen LogP contribution in [0.4, 0.5) is 4.39 Å². The van der Waals surface area contributed by atoms with E-state index >= 15 is 0 Å². The first kappa shape index (κ1) is 24.4. The summed E-state index contributed by atoms with van der Waals surface area (Å²) in [6.45, 7) is 2.02. The van der Waals surface area contributed by atoms with E-state index < -0.39 is 15.9 Å². The van der Waals surface area contributed by atoms with Gasteiger partial charge in [-0.15, -0.1) is 0 Å². The quantitative estimate of drug-likeness (QED) is 0.650. The standard InChI is InChI=1S/C24H31FN4O4S/c25-20-9-7-18(8-10-20)15-27-23(30)19-6-5-13-29(17-19)34(32,33)21-14-22(26-16-21)24(31)28-11-3-1-2-4-12-28/h7-10,14,16,19,26H,1-6,11-13,15,17H2,(H,27,30)/t19-/m0/s1. The Labute approximate surface area is 199 Å². The average molecular weight is 491 g/mol. The third-order valence-corrected chi connectivity index (χ3v) is 8.40. The molecule has 1 atom stereocenters. The van der Waals surface area contributed by atoms with Crippen molar-refractivity contribution in [2.24, 2.45) is 5.92 Å². The molecule has 184 valence electrons. The number of nitrogens with one attached hydrogen (secondary N) is 2. The molecular formula is C24H31FN4O4S. The molecular weight excluding hydrogens is 459 g/mol. The van der Waals surface area contributed by atoms with Crippen LogP contribution in [0.1, 0.15) is 54.6 Å². The van der Waals surface area contributed by atoms with Crippen LogP contribution in [0.5, 0.6) is 0 Å². The average Bonchev–Trinajstić information content (AvgIpc) is 3.20. The van der Waals surface area contributed by atoms with Crippen molar-refractivity contribution < 1.29 is 22.4 Å². The molecule has 0 bridgehead atoms. The number of benzene rings is 1. The SMILES string of the molecule is O=C(NCc1ccc(F)cc1)[C@H]1CCCN(S(=O)(=O)c2c[nH]c(C(=O)N3CCCCCC3)c2)C1.